The molecule has 1 aromatic carbocycles. The van der Waals surface area contributed by atoms with Crippen LogP contribution in [0.2, 0.25) is 0 Å². The monoisotopic (exact) mass is 633 g/mol. The standard InChI is InChI=1S/C29H43N7O7S/c30-36-35-23-8-5-22(6-9-23)7-10-27(38)32-12-14-41-16-18-43-20-19-42-17-15-40-13-11-31-26(37)4-2-1-3-25-28-24(21-44-25)33-29(39)34-28/h5-10,24-25,28H,1-4,11-21H2,(H,31,37)(H,32,38)(H2,33,34,39)/b10-7+/t24-,25-,28-/m0/s1. The van der Waals surface area contributed by atoms with Gasteiger partial charge in [0.25, 0.3) is 0 Å². The molecule has 2 heterocycles. The maximum absolute atomic E-state index is 12.0. The number of carbonyl (C=O) groups excluding carboxylic acids is 3. The van der Waals surface area contributed by atoms with Gasteiger partial charge in [-0.3, -0.25) is 9.59 Å². The summed E-state index contributed by atoms with van der Waals surface area (Å²) in [5.41, 5.74) is 9.74. The topological polar surface area (TPSA) is 185 Å². The molecule has 44 heavy (non-hydrogen) atoms. The fraction of sp³-hybridized carbons (Fsp3) is 0.621. The summed E-state index contributed by atoms with van der Waals surface area (Å²) in [6, 6.07) is 7.25. The van der Waals surface area contributed by atoms with Crippen LogP contribution in [-0.2, 0) is 28.5 Å². The highest BCUT2D eigenvalue weighted by atomic mass is 32.2. The van der Waals surface area contributed by atoms with Crippen LogP contribution in [0.5, 0.6) is 0 Å². The maximum atomic E-state index is 12.0. The Balaban J connectivity index is 1.01. The predicted molar refractivity (Wildman–Crippen MR) is 168 cm³/mol. The van der Waals surface area contributed by atoms with Gasteiger partial charge in [0, 0.05) is 47.2 Å². The number of nitrogens with zero attached hydrogens (tertiary/aromatic N) is 3. The van der Waals surface area contributed by atoms with Gasteiger partial charge >= 0.3 is 6.03 Å². The van der Waals surface area contributed by atoms with Crippen LogP contribution < -0.4 is 21.3 Å². The van der Waals surface area contributed by atoms with Gasteiger partial charge in [-0.15, -0.1) is 0 Å². The lowest BCUT2D eigenvalue weighted by Crippen LogP contribution is -2.36. The summed E-state index contributed by atoms with van der Waals surface area (Å²) in [4.78, 5) is 38.0. The molecule has 0 spiro atoms. The minimum atomic E-state index is -0.228. The molecular weight excluding hydrogens is 590 g/mol. The Morgan fingerprint density at radius 1 is 0.932 bits per heavy atom. The highest BCUT2D eigenvalue weighted by molar-refractivity contribution is 8.00. The van der Waals surface area contributed by atoms with Gasteiger partial charge in [-0.05, 0) is 30.0 Å². The van der Waals surface area contributed by atoms with E-state index in [4.69, 9.17) is 24.5 Å². The molecule has 1 aromatic rings. The van der Waals surface area contributed by atoms with E-state index in [-0.39, 0.29) is 29.9 Å². The van der Waals surface area contributed by atoms with Crippen LogP contribution in [0.4, 0.5) is 10.5 Å². The molecule has 15 heteroatoms. The van der Waals surface area contributed by atoms with Crippen molar-refractivity contribution in [3.05, 3.63) is 46.3 Å². The van der Waals surface area contributed by atoms with E-state index in [1.165, 1.54) is 6.08 Å². The van der Waals surface area contributed by atoms with Gasteiger partial charge in [0.1, 0.15) is 0 Å². The third kappa shape index (κ3) is 14.4. The molecule has 3 rings (SSSR count). The number of benzene rings is 1. The molecule has 0 aromatic heterocycles. The van der Waals surface area contributed by atoms with Gasteiger partial charge in [-0.25, -0.2) is 4.79 Å². The minimum Gasteiger partial charge on any atom is -0.377 e. The molecular formula is C29H43N7O7S. The number of azide groups is 1. The fourth-order valence-electron chi connectivity index (χ4n) is 4.57. The van der Waals surface area contributed by atoms with E-state index in [0.29, 0.717) is 83.3 Å². The van der Waals surface area contributed by atoms with Crippen molar-refractivity contribution in [1.82, 2.24) is 21.3 Å². The molecule has 0 radical (unpaired) electrons. The molecule has 14 nitrogen and oxygen atoms in total. The second kappa shape index (κ2) is 21.4. The Kier molecular flexibility index (Phi) is 17.1. The normalized spacial score (nSPS) is 18.8. The van der Waals surface area contributed by atoms with E-state index in [2.05, 4.69) is 31.3 Å². The van der Waals surface area contributed by atoms with Crippen molar-refractivity contribution in [1.29, 1.82) is 0 Å². The third-order valence-electron chi connectivity index (χ3n) is 6.79. The Labute approximate surface area is 262 Å². The van der Waals surface area contributed by atoms with E-state index in [9.17, 15) is 14.4 Å². The number of hydrogen-bond donors (Lipinski definition) is 4. The van der Waals surface area contributed by atoms with Gasteiger partial charge < -0.3 is 40.2 Å². The second-order valence-electron chi connectivity index (χ2n) is 10.1. The number of amides is 4. The predicted octanol–water partition coefficient (Wildman–Crippen LogP) is 2.67. The summed E-state index contributed by atoms with van der Waals surface area (Å²) in [6.07, 6.45) is 6.41. The van der Waals surface area contributed by atoms with Crippen molar-refractivity contribution < 1.29 is 33.3 Å². The van der Waals surface area contributed by atoms with Crippen LogP contribution in [0, 0.1) is 0 Å². The molecule has 0 bridgehead atoms. The third-order valence-corrected chi connectivity index (χ3v) is 8.30. The van der Waals surface area contributed by atoms with Gasteiger partial charge in [-0.1, -0.05) is 35.8 Å². The second-order valence-corrected chi connectivity index (χ2v) is 11.3. The first kappa shape index (κ1) is 35.2. The first-order valence-corrected chi connectivity index (χ1v) is 16.0. The molecule has 2 saturated heterocycles. The molecule has 0 unspecified atom stereocenters. The molecule has 2 aliphatic rings. The van der Waals surface area contributed by atoms with Crippen molar-refractivity contribution in [3.63, 3.8) is 0 Å². The number of nitrogens with one attached hydrogen (secondary N) is 4. The summed E-state index contributed by atoms with van der Waals surface area (Å²) in [7, 11) is 0. The number of carbonyl (C=O) groups is 3. The van der Waals surface area contributed by atoms with Crippen LogP contribution in [-0.4, -0.2) is 107 Å². The molecule has 0 saturated carbocycles. The number of urea groups is 1. The van der Waals surface area contributed by atoms with Crippen molar-refractivity contribution in [2.45, 2.75) is 43.0 Å². The SMILES string of the molecule is [N-]=[N+]=Nc1ccc(/C=C/C(=O)NCCOCCOCCOCCOCCNC(=O)CCCC[C@@H]2SC[C@@H]3NC(=O)N[C@@H]32)cc1. The fourth-order valence-corrected chi connectivity index (χ4v) is 6.11. The van der Waals surface area contributed by atoms with E-state index < -0.39 is 0 Å². The lowest BCUT2D eigenvalue weighted by atomic mass is 10.0. The smallest absolute Gasteiger partial charge is 0.315 e. The van der Waals surface area contributed by atoms with Gasteiger partial charge in [0.05, 0.1) is 64.9 Å². The average Bonchev–Trinajstić information content (AvgIpc) is 3.58. The number of unbranched alkanes of at least 4 members (excludes halogenated alkanes) is 1. The zero-order chi connectivity index (χ0) is 31.2. The van der Waals surface area contributed by atoms with Crippen molar-refractivity contribution in [3.8, 4) is 0 Å². The van der Waals surface area contributed by atoms with Gasteiger partial charge in [0.15, 0.2) is 0 Å². The van der Waals surface area contributed by atoms with E-state index >= 15 is 0 Å². The Morgan fingerprint density at radius 2 is 1.57 bits per heavy atom. The van der Waals surface area contributed by atoms with E-state index in [1.54, 1.807) is 30.3 Å². The number of rotatable bonds is 23. The molecule has 242 valence electrons. The summed E-state index contributed by atoms with van der Waals surface area (Å²) < 4.78 is 21.8. The maximum Gasteiger partial charge on any atom is 0.315 e. The summed E-state index contributed by atoms with van der Waals surface area (Å²) in [5.74, 6) is 0.758. The minimum absolute atomic E-state index is 0.0317. The Hall–Kier alpha value is -3.33. The molecule has 0 aliphatic carbocycles. The summed E-state index contributed by atoms with van der Waals surface area (Å²) in [5, 5.41) is 15.5. The molecule has 3 atom stereocenters. The van der Waals surface area contributed by atoms with Gasteiger partial charge in [-0.2, -0.15) is 11.8 Å². The van der Waals surface area contributed by atoms with Crippen LogP contribution in [0.15, 0.2) is 35.5 Å². The molecule has 4 amide bonds. The van der Waals surface area contributed by atoms with Crippen molar-refractivity contribution in [2.24, 2.45) is 5.11 Å². The zero-order valence-corrected chi connectivity index (χ0v) is 25.7. The number of thioether (sulfide) groups is 1. The van der Waals surface area contributed by atoms with Crippen LogP contribution in [0.25, 0.3) is 16.5 Å². The number of ether oxygens (including phenoxy) is 4. The van der Waals surface area contributed by atoms with Crippen molar-refractivity contribution >= 4 is 41.4 Å². The highest BCUT2D eigenvalue weighted by Gasteiger charge is 2.42. The molecule has 2 aliphatic heterocycles. The lowest BCUT2D eigenvalue weighted by Gasteiger charge is -2.16. The van der Waals surface area contributed by atoms with Gasteiger partial charge in [0.2, 0.25) is 11.8 Å². The number of fused-ring (bicyclic) bond motifs is 1. The highest BCUT2D eigenvalue weighted by Crippen LogP contribution is 2.33. The summed E-state index contributed by atoms with van der Waals surface area (Å²) >= 11 is 1.89. The van der Waals surface area contributed by atoms with Crippen LogP contribution in [0.3, 0.4) is 0 Å². The van der Waals surface area contributed by atoms with E-state index in [1.807, 2.05) is 11.8 Å². The lowest BCUT2D eigenvalue weighted by molar-refractivity contribution is -0.121. The molecule has 4 N–H and O–H groups in total. The largest absolute Gasteiger partial charge is 0.377 e. The van der Waals surface area contributed by atoms with Crippen molar-refractivity contribution in [2.75, 3.05) is 71.7 Å². The Morgan fingerprint density at radius 3 is 2.23 bits per heavy atom. The first-order valence-electron chi connectivity index (χ1n) is 14.9. The van der Waals surface area contributed by atoms with E-state index in [0.717, 1.165) is 30.6 Å². The van der Waals surface area contributed by atoms with Crippen LogP contribution >= 0.6 is 11.8 Å². The average molecular weight is 634 g/mol. The van der Waals surface area contributed by atoms with Crippen LogP contribution in [0.1, 0.15) is 31.2 Å². The zero-order valence-electron chi connectivity index (χ0n) is 24.9. The number of hydrogen-bond acceptors (Lipinski definition) is 9. The first-order chi connectivity index (χ1) is 21.5. The Bertz CT molecular complexity index is 1100. The summed E-state index contributed by atoms with van der Waals surface area (Å²) in [6.45, 7) is 4.27. The molecule has 2 fully saturated rings. The quantitative estimate of drug-likeness (QED) is 0.0354.